The van der Waals surface area contributed by atoms with Crippen LogP contribution in [0.1, 0.15) is 13.3 Å². The first-order valence-electron chi connectivity index (χ1n) is 10.9. The van der Waals surface area contributed by atoms with Gasteiger partial charge in [-0.3, -0.25) is 14.9 Å². The highest BCUT2D eigenvalue weighted by molar-refractivity contribution is 8.01. The van der Waals surface area contributed by atoms with E-state index in [2.05, 4.69) is 30.8 Å². The van der Waals surface area contributed by atoms with Crippen molar-refractivity contribution in [2.75, 3.05) is 56.5 Å². The number of piperazine rings is 1. The van der Waals surface area contributed by atoms with E-state index in [1.54, 1.807) is 18.6 Å². The number of thioether (sulfide) groups is 1. The zero-order valence-electron chi connectivity index (χ0n) is 17.8. The minimum Gasteiger partial charge on any atom is -0.450 e. The van der Waals surface area contributed by atoms with Crippen molar-refractivity contribution in [3.05, 3.63) is 36.9 Å². The number of carbonyl (C=O) groups excluding carboxylic acids is 1. The first-order chi connectivity index (χ1) is 15.2. The normalized spacial score (nSPS) is 23.1. The maximum absolute atomic E-state index is 11.9. The van der Waals surface area contributed by atoms with Gasteiger partial charge in [-0.1, -0.05) is 0 Å². The van der Waals surface area contributed by atoms with Crippen molar-refractivity contribution in [2.45, 2.75) is 24.1 Å². The summed E-state index contributed by atoms with van der Waals surface area (Å²) in [4.78, 5) is 32.1. The van der Waals surface area contributed by atoms with E-state index in [-0.39, 0.29) is 10.8 Å². The quantitative estimate of drug-likeness (QED) is 0.718. The summed E-state index contributed by atoms with van der Waals surface area (Å²) in [6.45, 7) is 7.90. The van der Waals surface area contributed by atoms with Crippen molar-refractivity contribution in [3.8, 4) is 11.3 Å². The van der Waals surface area contributed by atoms with Gasteiger partial charge in [-0.05, 0) is 25.5 Å². The third kappa shape index (κ3) is 4.08. The lowest BCUT2D eigenvalue weighted by molar-refractivity contribution is 0.0603. The van der Waals surface area contributed by atoms with Crippen molar-refractivity contribution in [1.82, 2.24) is 24.8 Å². The molecule has 3 aliphatic rings. The molecule has 8 nitrogen and oxygen atoms in total. The van der Waals surface area contributed by atoms with Gasteiger partial charge in [-0.15, -0.1) is 11.8 Å². The van der Waals surface area contributed by atoms with Crippen LogP contribution in [0, 0.1) is 0 Å². The summed E-state index contributed by atoms with van der Waals surface area (Å²) in [7, 11) is 0. The van der Waals surface area contributed by atoms with Gasteiger partial charge < -0.3 is 14.5 Å². The third-order valence-corrected chi connectivity index (χ3v) is 8.02. The van der Waals surface area contributed by atoms with E-state index in [1.165, 1.54) is 0 Å². The molecule has 0 bridgehead atoms. The van der Waals surface area contributed by atoms with Crippen molar-refractivity contribution in [2.24, 2.45) is 0 Å². The number of ether oxygens (including phenoxy) is 1. The molecule has 0 aromatic carbocycles. The Kier molecular flexibility index (Phi) is 5.71. The molecule has 5 rings (SSSR count). The number of aromatic nitrogens is 3. The molecular formula is C22H28N6O2S. The maximum atomic E-state index is 11.9. The minimum atomic E-state index is -0.167. The molecule has 5 heterocycles. The smallest absolute Gasteiger partial charge is 0.409 e. The number of pyridine rings is 1. The molecule has 2 aromatic heterocycles. The summed E-state index contributed by atoms with van der Waals surface area (Å²) >= 11 is 2.04. The van der Waals surface area contributed by atoms with Crippen LogP contribution < -0.4 is 4.90 Å². The molecular weight excluding hydrogens is 412 g/mol. The van der Waals surface area contributed by atoms with Gasteiger partial charge in [-0.25, -0.2) is 9.78 Å². The predicted molar refractivity (Wildman–Crippen MR) is 121 cm³/mol. The number of nitrogens with zero attached hydrogens (tertiary/aromatic N) is 6. The van der Waals surface area contributed by atoms with Crippen LogP contribution in [0.4, 0.5) is 10.6 Å². The van der Waals surface area contributed by atoms with Crippen molar-refractivity contribution < 1.29 is 9.53 Å². The molecule has 3 saturated heterocycles. The Hall–Kier alpha value is -2.39. The van der Waals surface area contributed by atoms with Crippen LogP contribution in [-0.2, 0) is 4.74 Å². The number of rotatable bonds is 4. The van der Waals surface area contributed by atoms with E-state index in [0.717, 1.165) is 68.5 Å². The fraction of sp³-hybridized carbons (Fsp3) is 0.545. The van der Waals surface area contributed by atoms with Gasteiger partial charge in [0.05, 0.1) is 23.2 Å². The molecule has 1 spiro atoms. The molecule has 1 amide bonds. The number of hydrogen-bond acceptors (Lipinski definition) is 8. The monoisotopic (exact) mass is 440 g/mol. The molecule has 3 aliphatic heterocycles. The maximum Gasteiger partial charge on any atom is 0.409 e. The lowest BCUT2D eigenvalue weighted by Gasteiger charge is -2.47. The van der Waals surface area contributed by atoms with Gasteiger partial charge >= 0.3 is 6.09 Å². The molecule has 0 saturated carbocycles. The zero-order chi connectivity index (χ0) is 21.3. The minimum absolute atomic E-state index is 0.167. The third-order valence-electron chi connectivity index (χ3n) is 6.43. The molecule has 3 fully saturated rings. The lowest BCUT2D eigenvalue weighted by Crippen LogP contribution is -2.61. The number of hydrogen-bond donors (Lipinski definition) is 0. The number of carbonyl (C=O) groups is 1. The zero-order valence-corrected chi connectivity index (χ0v) is 18.6. The Morgan fingerprint density at radius 1 is 1.19 bits per heavy atom. The summed E-state index contributed by atoms with van der Waals surface area (Å²) in [5.74, 6) is 2.13. The lowest BCUT2D eigenvalue weighted by atomic mass is 9.91. The summed E-state index contributed by atoms with van der Waals surface area (Å²) < 4.78 is 5.37. The van der Waals surface area contributed by atoms with Crippen LogP contribution in [-0.4, -0.2) is 93.3 Å². The number of likely N-dealkylation sites (tertiary alicyclic amines) is 1. The standard InChI is InChI=1S/C22H28N6O2S/c1-2-30-21(29)28-15-22(16-28)12-17(14-31-22)26-8-10-27(11-9-26)20-18(4-3-5-25-20)19-13-23-6-7-24-19/h3-7,13,17H,2,8-12,14-16H2,1H3/t17-/m1/s1. The fourth-order valence-electron chi connectivity index (χ4n) is 4.85. The highest BCUT2D eigenvalue weighted by Crippen LogP contribution is 2.46. The molecule has 0 N–H and O–H groups in total. The van der Waals surface area contributed by atoms with E-state index >= 15 is 0 Å². The molecule has 0 aliphatic carbocycles. The van der Waals surface area contributed by atoms with Crippen molar-refractivity contribution in [1.29, 1.82) is 0 Å². The molecule has 0 unspecified atom stereocenters. The van der Waals surface area contributed by atoms with E-state index in [9.17, 15) is 4.79 Å². The average molecular weight is 441 g/mol. The van der Waals surface area contributed by atoms with E-state index in [0.29, 0.717) is 12.6 Å². The van der Waals surface area contributed by atoms with Crippen LogP contribution in [0.15, 0.2) is 36.9 Å². The summed E-state index contributed by atoms with van der Waals surface area (Å²) in [5, 5.41) is 0. The van der Waals surface area contributed by atoms with Gasteiger partial charge in [0.25, 0.3) is 0 Å². The highest BCUT2D eigenvalue weighted by atomic mass is 32.2. The highest BCUT2D eigenvalue weighted by Gasteiger charge is 2.52. The molecule has 164 valence electrons. The SMILES string of the molecule is CCOC(=O)N1CC2(C[C@@H](N3CCN(c4ncccc4-c4cnccn4)CC3)CS2)C1. The molecule has 31 heavy (non-hydrogen) atoms. The second-order valence-corrected chi connectivity index (χ2v) is 9.88. The van der Waals surface area contributed by atoms with Crippen molar-refractivity contribution >= 4 is 23.7 Å². The van der Waals surface area contributed by atoms with Gasteiger partial charge in [0.1, 0.15) is 5.82 Å². The van der Waals surface area contributed by atoms with E-state index in [1.807, 2.05) is 35.8 Å². The molecule has 1 atom stereocenters. The summed E-state index contributed by atoms with van der Waals surface area (Å²) in [6, 6.07) is 4.61. The van der Waals surface area contributed by atoms with Crippen molar-refractivity contribution in [3.63, 3.8) is 0 Å². The Morgan fingerprint density at radius 2 is 2.03 bits per heavy atom. The van der Waals surface area contributed by atoms with Crippen LogP contribution in [0.25, 0.3) is 11.3 Å². The summed E-state index contributed by atoms with van der Waals surface area (Å²) in [5.41, 5.74) is 1.89. The van der Waals surface area contributed by atoms with Gasteiger partial charge in [0, 0.05) is 75.2 Å². The van der Waals surface area contributed by atoms with Crippen LogP contribution in [0.5, 0.6) is 0 Å². The van der Waals surface area contributed by atoms with E-state index in [4.69, 9.17) is 4.74 Å². The molecule has 9 heteroatoms. The molecule has 0 radical (unpaired) electrons. The summed E-state index contributed by atoms with van der Waals surface area (Å²) in [6.07, 6.45) is 8.05. The van der Waals surface area contributed by atoms with Gasteiger partial charge in [-0.2, -0.15) is 0 Å². The van der Waals surface area contributed by atoms with Crippen LogP contribution in [0.2, 0.25) is 0 Å². The topological polar surface area (TPSA) is 74.7 Å². The van der Waals surface area contributed by atoms with Crippen LogP contribution >= 0.6 is 11.8 Å². The number of anilines is 1. The molecule has 2 aromatic rings. The Morgan fingerprint density at radius 3 is 2.77 bits per heavy atom. The van der Waals surface area contributed by atoms with E-state index < -0.39 is 0 Å². The Bertz CT molecular complexity index is 915. The van der Waals surface area contributed by atoms with Crippen LogP contribution in [0.3, 0.4) is 0 Å². The average Bonchev–Trinajstić information content (AvgIpc) is 3.25. The Balaban J connectivity index is 1.18. The van der Waals surface area contributed by atoms with Gasteiger partial charge in [0.2, 0.25) is 0 Å². The number of amides is 1. The largest absolute Gasteiger partial charge is 0.450 e. The second-order valence-electron chi connectivity index (χ2n) is 8.40. The second kappa shape index (κ2) is 8.63. The Labute approximate surface area is 187 Å². The van der Waals surface area contributed by atoms with Gasteiger partial charge in [0.15, 0.2) is 0 Å². The fourth-order valence-corrected chi connectivity index (χ4v) is 6.53. The first-order valence-corrected chi connectivity index (χ1v) is 11.9. The first kappa shape index (κ1) is 20.5. The predicted octanol–water partition coefficient (Wildman–Crippen LogP) is 2.38.